The van der Waals surface area contributed by atoms with Crippen LogP contribution < -0.4 is 5.32 Å². The maximum atomic E-state index is 12.4. The highest BCUT2D eigenvalue weighted by Gasteiger charge is 2.21. The summed E-state index contributed by atoms with van der Waals surface area (Å²) in [7, 11) is 1.94. The summed E-state index contributed by atoms with van der Waals surface area (Å²) in [6.45, 7) is 11.0. The monoisotopic (exact) mass is 328 g/mol. The lowest BCUT2D eigenvalue weighted by Crippen LogP contribution is -2.39. The van der Waals surface area contributed by atoms with E-state index in [1.54, 1.807) is 0 Å². The smallest absolute Gasteiger partial charge is 0.241 e. The fraction of sp³-hybridized carbons (Fsp3) is 0.474. The molecule has 5 heteroatoms. The molecule has 0 aliphatic carbocycles. The van der Waals surface area contributed by atoms with Gasteiger partial charge in [-0.15, -0.1) is 0 Å². The van der Waals surface area contributed by atoms with Crippen molar-refractivity contribution in [1.82, 2.24) is 15.1 Å². The molecule has 2 aromatic rings. The van der Waals surface area contributed by atoms with Crippen LogP contribution in [0.2, 0.25) is 0 Å². The van der Waals surface area contributed by atoms with Gasteiger partial charge in [-0.25, -0.2) is 0 Å². The Bertz CT molecular complexity index is 682. The largest absolute Gasteiger partial charge is 0.325 e. The second-order valence-corrected chi connectivity index (χ2v) is 7.47. The number of aromatic nitrogens is 2. The molecular weight excluding hydrogens is 300 g/mol. The van der Waals surface area contributed by atoms with Crippen LogP contribution in [0.5, 0.6) is 0 Å². The average Bonchev–Trinajstić information content (AvgIpc) is 2.97. The van der Waals surface area contributed by atoms with E-state index < -0.39 is 0 Å². The summed E-state index contributed by atoms with van der Waals surface area (Å²) in [5.74, 6) is -0.0167. The van der Waals surface area contributed by atoms with Gasteiger partial charge in [-0.3, -0.25) is 14.8 Å². The summed E-state index contributed by atoms with van der Waals surface area (Å²) in [6, 6.07) is 9.65. The molecule has 1 aromatic heterocycles. The minimum atomic E-state index is -0.243. The fourth-order valence-corrected chi connectivity index (χ4v) is 2.32. The molecule has 0 saturated heterocycles. The number of aryl methyl sites for hydroxylation is 1. The molecule has 0 aliphatic rings. The molecule has 2 rings (SSSR count). The highest BCUT2D eigenvalue weighted by Crippen LogP contribution is 2.21. The van der Waals surface area contributed by atoms with Crippen molar-refractivity contribution < 1.29 is 4.79 Å². The predicted molar refractivity (Wildman–Crippen MR) is 98.0 cm³/mol. The van der Waals surface area contributed by atoms with E-state index in [4.69, 9.17) is 0 Å². The van der Waals surface area contributed by atoms with Crippen LogP contribution in [0.25, 0.3) is 0 Å². The Kier molecular flexibility index (Phi) is 5.44. The summed E-state index contributed by atoms with van der Waals surface area (Å²) in [5, 5.41) is 10.4. The number of aromatic amines is 1. The lowest BCUT2D eigenvalue weighted by molar-refractivity contribution is -0.120. The normalized spacial score (nSPS) is 13.1. The van der Waals surface area contributed by atoms with E-state index in [-0.39, 0.29) is 17.4 Å². The average molecular weight is 328 g/mol. The molecule has 0 saturated carbocycles. The molecular formula is C19H28N4O. The highest BCUT2D eigenvalue weighted by molar-refractivity contribution is 5.94. The number of carbonyl (C=O) groups is 1. The topological polar surface area (TPSA) is 61.0 Å². The number of likely N-dealkylation sites (N-methyl/N-ethyl adjacent to an activating group) is 1. The molecule has 0 aliphatic heterocycles. The number of hydrogen-bond donors (Lipinski definition) is 2. The van der Waals surface area contributed by atoms with Gasteiger partial charge >= 0.3 is 0 Å². The standard InChI is InChI=1S/C19H28N4O/c1-13-7-9-15(10-8-13)20-18(24)14(2)23(6)12-16-11-17(22-21-16)19(3,4)5/h7-11,14H,12H2,1-6H3,(H,20,24)(H,21,22)/t14-/m0/s1. The van der Waals surface area contributed by atoms with Crippen LogP contribution in [-0.2, 0) is 16.8 Å². The molecule has 0 unspecified atom stereocenters. The number of rotatable bonds is 5. The molecule has 0 fully saturated rings. The molecule has 1 amide bonds. The number of nitrogens with one attached hydrogen (secondary N) is 2. The van der Waals surface area contributed by atoms with Gasteiger partial charge in [-0.2, -0.15) is 5.10 Å². The van der Waals surface area contributed by atoms with Crippen LogP contribution >= 0.6 is 0 Å². The highest BCUT2D eigenvalue weighted by atomic mass is 16.2. The summed E-state index contributed by atoms with van der Waals surface area (Å²) >= 11 is 0. The van der Waals surface area contributed by atoms with Crippen LogP contribution in [0, 0.1) is 6.92 Å². The second-order valence-electron chi connectivity index (χ2n) is 7.47. The van der Waals surface area contributed by atoms with Crippen molar-refractivity contribution in [2.24, 2.45) is 0 Å². The first kappa shape index (κ1) is 18.2. The minimum absolute atomic E-state index is 0.0156. The molecule has 0 bridgehead atoms. The van der Waals surface area contributed by atoms with Crippen molar-refractivity contribution in [3.05, 3.63) is 47.3 Å². The van der Waals surface area contributed by atoms with Crippen LogP contribution in [0.3, 0.4) is 0 Å². The quantitative estimate of drug-likeness (QED) is 0.883. The molecule has 1 aromatic carbocycles. The number of nitrogens with zero attached hydrogens (tertiary/aromatic N) is 2. The number of amides is 1. The van der Waals surface area contributed by atoms with Crippen LogP contribution in [0.4, 0.5) is 5.69 Å². The molecule has 1 atom stereocenters. The summed E-state index contributed by atoms with van der Waals surface area (Å²) in [5.41, 5.74) is 4.05. The Morgan fingerprint density at radius 3 is 2.46 bits per heavy atom. The number of carbonyl (C=O) groups excluding carboxylic acids is 1. The number of anilines is 1. The number of H-pyrrole nitrogens is 1. The zero-order chi connectivity index (χ0) is 17.9. The van der Waals surface area contributed by atoms with Crippen molar-refractivity contribution >= 4 is 11.6 Å². The zero-order valence-electron chi connectivity index (χ0n) is 15.5. The van der Waals surface area contributed by atoms with Gasteiger partial charge in [0.15, 0.2) is 0 Å². The second kappa shape index (κ2) is 7.18. The van der Waals surface area contributed by atoms with Crippen molar-refractivity contribution in [2.75, 3.05) is 12.4 Å². The van der Waals surface area contributed by atoms with Gasteiger partial charge in [-0.1, -0.05) is 38.5 Å². The van der Waals surface area contributed by atoms with Gasteiger partial charge in [0.05, 0.1) is 11.7 Å². The molecule has 2 N–H and O–H groups in total. The number of hydrogen-bond acceptors (Lipinski definition) is 3. The van der Waals surface area contributed by atoms with E-state index in [1.165, 1.54) is 5.56 Å². The van der Waals surface area contributed by atoms with Crippen molar-refractivity contribution in [2.45, 2.75) is 52.6 Å². The molecule has 130 valence electrons. The van der Waals surface area contributed by atoms with Crippen LogP contribution in [0.15, 0.2) is 30.3 Å². The van der Waals surface area contributed by atoms with Crippen molar-refractivity contribution in [1.29, 1.82) is 0 Å². The first-order valence-corrected chi connectivity index (χ1v) is 8.29. The van der Waals surface area contributed by atoms with E-state index in [1.807, 2.05) is 50.1 Å². The molecule has 24 heavy (non-hydrogen) atoms. The Hall–Kier alpha value is -2.14. The zero-order valence-corrected chi connectivity index (χ0v) is 15.5. The third-order valence-corrected chi connectivity index (χ3v) is 4.18. The first-order chi connectivity index (χ1) is 11.2. The van der Waals surface area contributed by atoms with Crippen LogP contribution in [-0.4, -0.2) is 34.1 Å². The maximum absolute atomic E-state index is 12.4. The Morgan fingerprint density at radius 1 is 1.29 bits per heavy atom. The lowest BCUT2D eigenvalue weighted by atomic mass is 9.92. The lowest BCUT2D eigenvalue weighted by Gasteiger charge is -2.23. The summed E-state index contributed by atoms with van der Waals surface area (Å²) in [6.07, 6.45) is 0. The Labute approximate surface area is 144 Å². The molecule has 0 spiro atoms. The third kappa shape index (κ3) is 4.68. The SMILES string of the molecule is Cc1ccc(NC(=O)[C@H](C)N(C)Cc2cc(C(C)(C)C)n[nH]2)cc1. The Balaban J connectivity index is 1.95. The van der Waals surface area contributed by atoms with E-state index in [0.717, 1.165) is 17.1 Å². The van der Waals surface area contributed by atoms with Gasteiger partial charge in [0.25, 0.3) is 0 Å². The van der Waals surface area contributed by atoms with E-state index in [2.05, 4.69) is 42.4 Å². The van der Waals surface area contributed by atoms with E-state index in [9.17, 15) is 4.79 Å². The van der Waals surface area contributed by atoms with E-state index in [0.29, 0.717) is 6.54 Å². The molecule has 1 heterocycles. The molecule has 0 radical (unpaired) electrons. The van der Waals surface area contributed by atoms with Gasteiger partial charge in [-0.05, 0) is 39.1 Å². The minimum Gasteiger partial charge on any atom is -0.325 e. The summed E-state index contributed by atoms with van der Waals surface area (Å²) in [4.78, 5) is 14.4. The van der Waals surface area contributed by atoms with Gasteiger partial charge in [0.1, 0.15) is 0 Å². The van der Waals surface area contributed by atoms with E-state index >= 15 is 0 Å². The van der Waals surface area contributed by atoms with Gasteiger partial charge < -0.3 is 5.32 Å². The third-order valence-electron chi connectivity index (χ3n) is 4.18. The molecule has 5 nitrogen and oxygen atoms in total. The fourth-order valence-electron chi connectivity index (χ4n) is 2.32. The van der Waals surface area contributed by atoms with Gasteiger partial charge in [0, 0.05) is 23.3 Å². The van der Waals surface area contributed by atoms with Crippen molar-refractivity contribution in [3.63, 3.8) is 0 Å². The van der Waals surface area contributed by atoms with Gasteiger partial charge in [0.2, 0.25) is 5.91 Å². The van der Waals surface area contributed by atoms with Crippen LogP contribution in [0.1, 0.15) is 44.6 Å². The maximum Gasteiger partial charge on any atom is 0.241 e. The Morgan fingerprint density at radius 2 is 1.92 bits per heavy atom. The summed E-state index contributed by atoms with van der Waals surface area (Å²) < 4.78 is 0. The van der Waals surface area contributed by atoms with Crippen molar-refractivity contribution in [3.8, 4) is 0 Å². The first-order valence-electron chi connectivity index (χ1n) is 8.29. The number of benzene rings is 1. The predicted octanol–water partition coefficient (Wildman–Crippen LogP) is 3.47.